The lowest BCUT2D eigenvalue weighted by atomic mass is 10.2. The summed E-state index contributed by atoms with van der Waals surface area (Å²) in [4.78, 5) is 11.4. The Labute approximate surface area is 112 Å². The van der Waals surface area contributed by atoms with Gasteiger partial charge >= 0.3 is 0 Å². The summed E-state index contributed by atoms with van der Waals surface area (Å²) < 4.78 is 33.0. The quantitative estimate of drug-likeness (QED) is 0.655. The number of nitrogens with one attached hydrogen (secondary N) is 1. The monoisotopic (exact) mass is 285 g/mol. The van der Waals surface area contributed by atoms with Crippen LogP contribution in [0, 0.1) is 0 Å². The molecule has 104 valence electrons. The Hall–Kier alpha value is -1.86. The number of methoxy groups -OCH3 is 1. The van der Waals surface area contributed by atoms with Gasteiger partial charge in [0.15, 0.2) is 0 Å². The third kappa shape index (κ3) is 3.55. The lowest BCUT2D eigenvalue weighted by Crippen LogP contribution is -2.15. The molecule has 1 rings (SSSR count). The number of benzene rings is 1. The van der Waals surface area contributed by atoms with E-state index in [1.165, 1.54) is 32.2 Å². The van der Waals surface area contributed by atoms with Crippen LogP contribution in [0.4, 0.5) is 5.69 Å². The molecule has 0 saturated heterocycles. The summed E-state index contributed by atoms with van der Waals surface area (Å²) in [6, 6.07) is 4.22. The topological polar surface area (TPSA) is 81.7 Å². The van der Waals surface area contributed by atoms with Crippen LogP contribution in [-0.2, 0) is 19.1 Å². The molecule has 0 fully saturated rings. The Bertz CT molecular complexity index is 607. The Morgan fingerprint density at radius 1 is 1.32 bits per heavy atom. The van der Waals surface area contributed by atoms with Crippen LogP contribution in [0.3, 0.4) is 0 Å². The van der Waals surface area contributed by atoms with Gasteiger partial charge in [0, 0.05) is 11.6 Å². The molecule has 0 aliphatic heterocycles. The molecule has 7 heteroatoms. The minimum absolute atomic E-state index is 0.107. The maximum absolute atomic E-state index is 11.8. The van der Waals surface area contributed by atoms with E-state index in [9.17, 15) is 13.2 Å². The van der Waals surface area contributed by atoms with Crippen LogP contribution in [0.1, 0.15) is 6.92 Å². The van der Waals surface area contributed by atoms with E-state index in [2.05, 4.69) is 16.1 Å². The number of rotatable bonds is 5. The SMILES string of the molecule is C=C(C)C(=O)Nc1ccc(OC)cc1S(=O)(=O)OC. The summed E-state index contributed by atoms with van der Waals surface area (Å²) >= 11 is 0. The minimum Gasteiger partial charge on any atom is -0.497 e. The van der Waals surface area contributed by atoms with Crippen molar-refractivity contribution in [1.29, 1.82) is 0 Å². The molecule has 0 atom stereocenters. The summed E-state index contributed by atoms with van der Waals surface area (Å²) in [5.41, 5.74) is 0.368. The second-order valence-electron chi connectivity index (χ2n) is 3.72. The molecule has 19 heavy (non-hydrogen) atoms. The van der Waals surface area contributed by atoms with Crippen LogP contribution < -0.4 is 10.1 Å². The summed E-state index contributed by atoms with van der Waals surface area (Å²) in [5.74, 6) is -0.137. The second-order valence-corrected chi connectivity index (χ2v) is 5.40. The fourth-order valence-corrected chi connectivity index (χ4v) is 2.09. The van der Waals surface area contributed by atoms with Crippen molar-refractivity contribution in [2.45, 2.75) is 11.8 Å². The van der Waals surface area contributed by atoms with Crippen LogP contribution >= 0.6 is 0 Å². The van der Waals surface area contributed by atoms with Crippen molar-refractivity contribution in [2.24, 2.45) is 0 Å². The van der Waals surface area contributed by atoms with Gasteiger partial charge in [-0.25, -0.2) is 0 Å². The minimum atomic E-state index is -3.96. The van der Waals surface area contributed by atoms with Gasteiger partial charge in [0.05, 0.1) is 19.9 Å². The van der Waals surface area contributed by atoms with Crippen molar-refractivity contribution in [3.63, 3.8) is 0 Å². The van der Waals surface area contributed by atoms with Gasteiger partial charge in [-0.1, -0.05) is 6.58 Å². The molecular formula is C12H15NO5S. The third-order valence-electron chi connectivity index (χ3n) is 2.31. The predicted molar refractivity (Wildman–Crippen MR) is 70.6 cm³/mol. The van der Waals surface area contributed by atoms with E-state index in [0.29, 0.717) is 5.75 Å². The number of carbonyl (C=O) groups is 1. The van der Waals surface area contributed by atoms with E-state index in [-0.39, 0.29) is 16.2 Å². The first-order valence-electron chi connectivity index (χ1n) is 5.27. The fourth-order valence-electron chi connectivity index (χ4n) is 1.26. The maximum atomic E-state index is 11.8. The average molecular weight is 285 g/mol. The van der Waals surface area contributed by atoms with Crippen LogP contribution in [0.2, 0.25) is 0 Å². The van der Waals surface area contributed by atoms with E-state index in [0.717, 1.165) is 7.11 Å². The maximum Gasteiger partial charge on any atom is 0.298 e. The van der Waals surface area contributed by atoms with Gasteiger partial charge in [-0.05, 0) is 19.1 Å². The number of hydrogen-bond acceptors (Lipinski definition) is 5. The zero-order valence-electron chi connectivity index (χ0n) is 10.9. The zero-order chi connectivity index (χ0) is 14.6. The standard InChI is InChI=1S/C12H15NO5S/c1-8(2)12(14)13-10-6-5-9(17-3)7-11(10)19(15,16)18-4/h5-7H,1H2,2-4H3,(H,13,14). The molecule has 0 aliphatic rings. The van der Waals surface area contributed by atoms with Crippen molar-refractivity contribution in [3.05, 3.63) is 30.4 Å². The highest BCUT2D eigenvalue weighted by Gasteiger charge is 2.20. The van der Waals surface area contributed by atoms with E-state index < -0.39 is 16.0 Å². The van der Waals surface area contributed by atoms with Crippen LogP contribution in [0.25, 0.3) is 0 Å². The predicted octanol–water partition coefficient (Wildman–Crippen LogP) is 1.54. The van der Waals surface area contributed by atoms with Gasteiger partial charge in [-0.15, -0.1) is 0 Å². The second kappa shape index (κ2) is 5.85. The first kappa shape index (κ1) is 15.2. The Morgan fingerprint density at radius 2 is 1.95 bits per heavy atom. The van der Waals surface area contributed by atoms with Crippen molar-refractivity contribution >= 4 is 21.7 Å². The number of ether oxygens (including phenoxy) is 1. The largest absolute Gasteiger partial charge is 0.497 e. The molecule has 0 aliphatic carbocycles. The molecule has 0 bridgehead atoms. The molecule has 0 radical (unpaired) electrons. The fraction of sp³-hybridized carbons (Fsp3) is 0.250. The van der Waals surface area contributed by atoms with E-state index in [1.807, 2.05) is 0 Å². The molecule has 1 aromatic rings. The van der Waals surface area contributed by atoms with Gasteiger partial charge < -0.3 is 10.1 Å². The number of amides is 1. The van der Waals surface area contributed by atoms with Gasteiger partial charge in [-0.3, -0.25) is 8.98 Å². The molecule has 1 aromatic carbocycles. The third-order valence-corrected chi connectivity index (χ3v) is 3.63. The van der Waals surface area contributed by atoms with Crippen molar-refractivity contribution in [3.8, 4) is 5.75 Å². The Balaban J connectivity index is 3.32. The smallest absolute Gasteiger partial charge is 0.298 e. The molecule has 1 amide bonds. The zero-order valence-corrected chi connectivity index (χ0v) is 11.7. The summed E-state index contributed by atoms with van der Waals surface area (Å²) in [6.45, 7) is 5.00. The van der Waals surface area contributed by atoms with Crippen molar-refractivity contribution in [2.75, 3.05) is 19.5 Å². The number of carbonyl (C=O) groups excluding carboxylic acids is 1. The highest BCUT2D eigenvalue weighted by atomic mass is 32.2. The highest BCUT2D eigenvalue weighted by Crippen LogP contribution is 2.27. The lowest BCUT2D eigenvalue weighted by molar-refractivity contribution is -0.112. The molecular weight excluding hydrogens is 270 g/mol. The molecule has 0 heterocycles. The van der Waals surface area contributed by atoms with Crippen LogP contribution in [0.15, 0.2) is 35.2 Å². The first-order valence-corrected chi connectivity index (χ1v) is 6.68. The van der Waals surface area contributed by atoms with Crippen molar-refractivity contribution < 1.29 is 22.1 Å². The molecule has 0 aromatic heterocycles. The van der Waals surface area contributed by atoms with E-state index in [1.54, 1.807) is 0 Å². The van der Waals surface area contributed by atoms with Crippen LogP contribution in [0.5, 0.6) is 5.75 Å². The molecule has 6 nitrogen and oxygen atoms in total. The molecule has 0 unspecified atom stereocenters. The van der Waals surface area contributed by atoms with Gasteiger partial charge in [-0.2, -0.15) is 8.42 Å². The van der Waals surface area contributed by atoms with Gasteiger partial charge in [0.1, 0.15) is 10.6 Å². The summed E-state index contributed by atoms with van der Waals surface area (Å²) in [6.07, 6.45) is 0. The van der Waals surface area contributed by atoms with E-state index >= 15 is 0 Å². The van der Waals surface area contributed by atoms with Gasteiger partial charge in [0.25, 0.3) is 16.0 Å². The summed E-state index contributed by atoms with van der Waals surface area (Å²) in [7, 11) is -1.51. The molecule has 0 spiro atoms. The number of anilines is 1. The normalized spacial score (nSPS) is 10.9. The average Bonchev–Trinajstić information content (AvgIpc) is 2.38. The molecule has 0 saturated carbocycles. The molecule has 1 N–H and O–H groups in total. The number of hydrogen-bond donors (Lipinski definition) is 1. The van der Waals surface area contributed by atoms with E-state index in [4.69, 9.17) is 4.74 Å². The Morgan fingerprint density at radius 3 is 2.42 bits per heavy atom. The first-order chi connectivity index (χ1) is 8.81. The summed E-state index contributed by atoms with van der Waals surface area (Å²) in [5, 5.41) is 2.45. The van der Waals surface area contributed by atoms with Gasteiger partial charge in [0.2, 0.25) is 0 Å². The lowest BCUT2D eigenvalue weighted by Gasteiger charge is -2.12. The highest BCUT2D eigenvalue weighted by molar-refractivity contribution is 7.87. The Kier molecular flexibility index (Phi) is 4.68. The van der Waals surface area contributed by atoms with Crippen molar-refractivity contribution in [1.82, 2.24) is 0 Å². The van der Waals surface area contributed by atoms with Crippen LogP contribution in [-0.4, -0.2) is 28.5 Å².